The van der Waals surface area contributed by atoms with Gasteiger partial charge >= 0.3 is 0 Å². The third-order valence-electron chi connectivity index (χ3n) is 3.75. The van der Waals surface area contributed by atoms with Gasteiger partial charge in [-0.15, -0.1) is 0 Å². The maximum absolute atomic E-state index is 12.2. The van der Waals surface area contributed by atoms with E-state index < -0.39 is 6.04 Å². The van der Waals surface area contributed by atoms with Crippen LogP contribution in [0.1, 0.15) is 24.4 Å². The minimum absolute atomic E-state index is 0.224. The van der Waals surface area contributed by atoms with Crippen LogP contribution in [0.15, 0.2) is 54.6 Å². The summed E-state index contributed by atoms with van der Waals surface area (Å²) in [6, 6.07) is 16.1. The molecule has 0 spiro atoms. The number of rotatable bonds is 6. The number of ether oxygens (including phenoxy) is 1. The summed E-state index contributed by atoms with van der Waals surface area (Å²) in [5.41, 5.74) is 7.48. The van der Waals surface area contributed by atoms with E-state index in [9.17, 15) is 4.79 Å². The van der Waals surface area contributed by atoms with Gasteiger partial charge in [0.1, 0.15) is 11.8 Å². The Morgan fingerprint density at radius 3 is 2.45 bits per heavy atom. The number of benzene rings is 2. The lowest BCUT2D eigenvalue weighted by molar-refractivity contribution is -0.117. The zero-order chi connectivity index (χ0) is 15.4. The van der Waals surface area contributed by atoms with E-state index in [1.165, 1.54) is 12.8 Å². The lowest BCUT2D eigenvalue weighted by Gasteiger charge is -2.13. The van der Waals surface area contributed by atoms with Gasteiger partial charge in [-0.25, -0.2) is 0 Å². The monoisotopic (exact) mass is 296 g/mol. The number of carbonyl (C=O) groups is 1. The molecule has 1 atom stereocenters. The minimum atomic E-state index is -0.674. The van der Waals surface area contributed by atoms with E-state index in [1.54, 1.807) is 0 Å². The molecule has 1 aliphatic rings. The van der Waals surface area contributed by atoms with Crippen LogP contribution >= 0.6 is 0 Å². The molecule has 0 radical (unpaired) electrons. The molecule has 4 heteroatoms. The number of anilines is 1. The summed E-state index contributed by atoms with van der Waals surface area (Å²) in [4.78, 5) is 12.2. The molecule has 4 nitrogen and oxygen atoms in total. The Bertz CT molecular complexity index is 621. The van der Waals surface area contributed by atoms with E-state index in [-0.39, 0.29) is 5.91 Å². The molecule has 2 aromatic carbocycles. The third-order valence-corrected chi connectivity index (χ3v) is 3.75. The fourth-order valence-corrected chi connectivity index (χ4v) is 2.16. The Labute approximate surface area is 130 Å². The average molecular weight is 296 g/mol. The van der Waals surface area contributed by atoms with Crippen LogP contribution in [0.4, 0.5) is 5.69 Å². The number of nitrogens with one attached hydrogen (secondary N) is 1. The lowest BCUT2D eigenvalue weighted by atomic mass is 10.1. The summed E-state index contributed by atoms with van der Waals surface area (Å²) in [5, 5.41) is 2.83. The molecule has 0 aromatic heterocycles. The van der Waals surface area contributed by atoms with Crippen molar-refractivity contribution in [2.75, 3.05) is 11.9 Å². The van der Waals surface area contributed by atoms with E-state index in [4.69, 9.17) is 10.5 Å². The molecule has 2 aromatic rings. The molecular weight excluding hydrogens is 276 g/mol. The molecule has 3 rings (SSSR count). The summed E-state index contributed by atoms with van der Waals surface area (Å²) in [6.07, 6.45) is 2.54. The van der Waals surface area contributed by atoms with Crippen molar-refractivity contribution in [1.82, 2.24) is 0 Å². The smallest absolute Gasteiger partial charge is 0.245 e. The predicted molar refractivity (Wildman–Crippen MR) is 86.7 cm³/mol. The largest absolute Gasteiger partial charge is 0.493 e. The van der Waals surface area contributed by atoms with Gasteiger partial charge in [0.2, 0.25) is 5.91 Å². The number of carbonyl (C=O) groups excluding carboxylic acids is 1. The van der Waals surface area contributed by atoms with Crippen molar-refractivity contribution >= 4 is 11.6 Å². The second kappa shape index (κ2) is 6.62. The molecule has 1 amide bonds. The SMILES string of the molecule is NC(C(=O)Nc1ccc(OCC2CC2)cc1)c1ccccc1. The maximum Gasteiger partial charge on any atom is 0.245 e. The fraction of sp³-hybridized carbons (Fsp3) is 0.278. The van der Waals surface area contributed by atoms with Crippen molar-refractivity contribution in [1.29, 1.82) is 0 Å². The van der Waals surface area contributed by atoms with Gasteiger partial charge in [0.15, 0.2) is 0 Å². The molecular formula is C18H20N2O2. The number of hydrogen-bond acceptors (Lipinski definition) is 3. The summed E-state index contributed by atoms with van der Waals surface area (Å²) in [6.45, 7) is 0.782. The highest BCUT2D eigenvalue weighted by Crippen LogP contribution is 2.29. The van der Waals surface area contributed by atoms with E-state index >= 15 is 0 Å². The normalized spacial score (nSPS) is 15.1. The van der Waals surface area contributed by atoms with E-state index in [0.29, 0.717) is 0 Å². The topological polar surface area (TPSA) is 64.4 Å². The highest BCUT2D eigenvalue weighted by molar-refractivity contribution is 5.95. The molecule has 1 unspecified atom stereocenters. The second-order valence-electron chi connectivity index (χ2n) is 5.66. The van der Waals surface area contributed by atoms with Crippen molar-refractivity contribution in [2.45, 2.75) is 18.9 Å². The Balaban J connectivity index is 1.56. The molecule has 0 saturated heterocycles. The summed E-state index contributed by atoms with van der Waals surface area (Å²) in [5.74, 6) is 1.33. The van der Waals surface area contributed by atoms with E-state index in [1.807, 2.05) is 54.6 Å². The molecule has 22 heavy (non-hydrogen) atoms. The fourth-order valence-electron chi connectivity index (χ4n) is 2.16. The van der Waals surface area contributed by atoms with Crippen LogP contribution in [0.2, 0.25) is 0 Å². The number of nitrogens with two attached hydrogens (primary N) is 1. The zero-order valence-corrected chi connectivity index (χ0v) is 12.4. The summed E-state index contributed by atoms with van der Waals surface area (Å²) in [7, 11) is 0. The molecule has 1 saturated carbocycles. The van der Waals surface area contributed by atoms with Gasteiger partial charge in [0.25, 0.3) is 0 Å². The Hall–Kier alpha value is -2.33. The van der Waals surface area contributed by atoms with Crippen LogP contribution < -0.4 is 15.8 Å². The Morgan fingerprint density at radius 2 is 1.82 bits per heavy atom. The molecule has 0 bridgehead atoms. The van der Waals surface area contributed by atoms with Crippen molar-refractivity contribution in [3.8, 4) is 5.75 Å². The highest BCUT2D eigenvalue weighted by Gasteiger charge is 2.21. The first-order valence-electron chi connectivity index (χ1n) is 7.56. The Morgan fingerprint density at radius 1 is 1.14 bits per heavy atom. The highest BCUT2D eigenvalue weighted by atomic mass is 16.5. The second-order valence-corrected chi connectivity index (χ2v) is 5.66. The third kappa shape index (κ3) is 3.86. The Kier molecular flexibility index (Phi) is 4.39. The first-order valence-corrected chi connectivity index (χ1v) is 7.56. The predicted octanol–water partition coefficient (Wildman–Crippen LogP) is 3.11. The van der Waals surface area contributed by atoms with Crippen LogP contribution in [-0.4, -0.2) is 12.5 Å². The zero-order valence-electron chi connectivity index (χ0n) is 12.4. The summed E-state index contributed by atoms with van der Waals surface area (Å²) >= 11 is 0. The molecule has 0 aliphatic heterocycles. The van der Waals surface area contributed by atoms with Crippen LogP contribution in [0.5, 0.6) is 5.75 Å². The van der Waals surface area contributed by atoms with Crippen molar-refractivity contribution < 1.29 is 9.53 Å². The van der Waals surface area contributed by atoms with Crippen LogP contribution in [0.25, 0.3) is 0 Å². The number of amides is 1. The minimum Gasteiger partial charge on any atom is -0.493 e. The lowest BCUT2D eigenvalue weighted by Crippen LogP contribution is -2.27. The van der Waals surface area contributed by atoms with Crippen molar-refractivity contribution in [3.63, 3.8) is 0 Å². The van der Waals surface area contributed by atoms with Gasteiger partial charge < -0.3 is 15.8 Å². The van der Waals surface area contributed by atoms with Crippen LogP contribution in [0.3, 0.4) is 0 Å². The van der Waals surface area contributed by atoms with Gasteiger partial charge in [-0.3, -0.25) is 4.79 Å². The molecule has 1 fully saturated rings. The van der Waals surface area contributed by atoms with Crippen LogP contribution in [0, 0.1) is 5.92 Å². The summed E-state index contributed by atoms with van der Waals surface area (Å²) < 4.78 is 5.67. The molecule has 0 heterocycles. The molecule has 114 valence electrons. The van der Waals surface area contributed by atoms with Gasteiger partial charge in [-0.2, -0.15) is 0 Å². The van der Waals surface area contributed by atoms with Gasteiger partial charge in [0, 0.05) is 5.69 Å². The molecule has 3 N–H and O–H groups in total. The first-order chi connectivity index (χ1) is 10.7. The molecule has 1 aliphatic carbocycles. The maximum atomic E-state index is 12.2. The van der Waals surface area contributed by atoms with Crippen molar-refractivity contribution in [3.05, 3.63) is 60.2 Å². The number of hydrogen-bond donors (Lipinski definition) is 2. The van der Waals surface area contributed by atoms with Crippen LogP contribution in [-0.2, 0) is 4.79 Å². The van der Waals surface area contributed by atoms with Gasteiger partial charge in [-0.1, -0.05) is 30.3 Å². The van der Waals surface area contributed by atoms with Gasteiger partial charge in [-0.05, 0) is 48.6 Å². The van der Waals surface area contributed by atoms with E-state index in [2.05, 4.69) is 5.32 Å². The van der Waals surface area contributed by atoms with E-state index in [0.717, 1.165) is 29.5 Å². The average Bonchev–Trinajstić information content (AvgIpc) is 3.38. The standard InChI is InChI=1S/C18H20N2O2/c19-17(14-4-2-1-3-5-14)18(21)20-15-8-10-16(11-9-15)22-12-13-6-7-13/h1-5,8-11,13,17H,6-7,12,19H2,(H,20,21). The first kappa shape index (κ1) is 14.6. The van der Waals surface area contributed by atoms with Gasteiger partial charge in [0.05, 0.1) is 6.61 Å². The van der Waals surface area contributed by atoms with Crippen molar-refractivity contribution in [2.24, 2.45) is 11.7 Å². The quantitative estimate of drug-likeness (QED) is 0.861.